The average molecular weight is 634 g/mol. The Morgan fingerprint density at radius 1 is 1.07 bits per heavy atom. The molecule has 2 aromatic heterocycles. The minimum atomic E-state index is -0.103. The minimum absolute atomic E-state index is 0.00507. The van der Waals surface area contributed by atoms with Crippen LogP contribution in [0.1, 0.15) is 61.3 Å². The van der Waals surface area contributed by atoms with Gasteiger partial charge in [0, 0.05) is 70.5 Å². The first kappa shape index (κ1) is 34.1. The second-order valence-electron chi connectivity index (χ2n) is 11.5. The molecule has 1 unspecified atom stereocenters. The highest BCUT2D eigenvalue weighted by Gasteiger charge is 2.21. The summed E-state index contributed by atoms with van der Waals surface area (Å²) in [6.07, 6.45) is 9.17. The van der Waals surface area contributed by atoms with Gasteiger partial charge in [-0.25, -0.2) is 0 Å². The van der Waals surface area contributed by atoms with Gasteiger partial charge in [-0.2, -0.15) is 0 Å². The zero-order valence-electron chi connectivity index (χ0n) is 27.8. The molecule has 12 heteroatoms. The van der Waals surface area contributed by atoms with E-state index in [-0.39, 0.29) is 24.3 Å². The number of aliphatic imine (C=N–C) groups is 1. The fourth-order valence-corrected chi connectivity index (χ4v) is 5.57. The van der Waals surface area contributed by atoms with Gasteiger partial charge in [0.15, 0.2) is 11.5 Å². The van der Waals surface area contributed by atoms with Gasteiger partial charge < -0.3 is 39.0 Å². The van der Waals surface area contributed by atoms with Crippen LogP contribution in [0.15, 0.2) is 41.7 Å². The third-order valence-electron chi connectivity index (χ3n) is 8.29. The molecule has 1 fully saturated rings. The molecule has 3 aromatic rings. The molecule has 46 heavy (non-hydrogen) atoms. The van der Waals surface area contributed by atoms with Crippen LogP contribution in [0.25, 0.3) is 0 Å². The molecule has 3 amide bonds. The van der Waals surface area contributed by atoms with Crippen molar-refractivity contribution in [2.75, 3.05) is 44.0 Å². The van der Waals surface area contributed by atoms with Crippen molar-refractivity contribution in [3.8, 4) is 11.5 Å². The number of carbonyl (C=O) groups excluding carboxylic acids is 3. The number of anilines is 2. The highest BCUT2D eigenvalue weighted by Crippen LogP contribution is 2.35. The Balaban J connectivity index is 1.26. The maximum absolute atomic E-state index is 12.8. The normalized spacial score (nSPS) is 14.5. The first-order valence-electron chi connectivity index (χ1n) is 15.9. The predicted molar refractivity (Wildman–Crippen MR) is 180 cm³/mol. The van der Waals surface area contributed by atoms with Crippen molar-refractivity contribution in [3.63, 3.8) is 0 Å². The average Bonchev–Trinajstić information content (AvgIpc) is 3.75. The molecule has 4 rings (SSSR count). The number of hydrogen-bond donors (Lipinski definition) is 2. The molecule has 0 aliphatic carbocycles. The second-order valence-corrected chi connectivity index (χ2v) is 11.5. The molecule has 2 N–H and O–H groups in total. The molecular formula is C34H47N7O5. The number of nitrogens with one attached hydrogen (secondary N) is 2. The van der Waals surface area contributed by atoms with Gasteiger partial charge in [-0.3, -0.25) is 19.4 Å². The number of carbonyl (C=O) groups is 3. The van der Waals surface area contributed by atoms with Crippen LogP contribution >= 0.6 is 0 Å². The third-order valence-corrected chi connectivity index (χ3v) is 8.29. The Labute approximate surface area is 271 Å². The number of methoxy groups -OCH3 is 1. The molecule has 1 atom stereocenters. The second kappa shape index (κ2) is 16.0. The maximum atomic E-state index is 12.8. The summed E-state index contributed by atoms with van der Waals surface area (Å²) in [6, 6.07) is 7.53. The maximum Gasteiger partial charge on any atom is 0.270 e. The van der Waals surface area contributed by atoms with Crippen LogP contribution in [0.4, 0.5) is 17.1 Å². The highest BCUT2D eigenvalue weighted by atomic mass is 16.5. The third kappa shape index (κ3) is 8.49. The lowest BCUT2D eigenvalue weighted by molar-refractivity contribution is -0.118. The van der Waals surface area contributed by atoms with E-state index in [4.69, 9.17) is 9.47 Å². The summed E-state index contributed by atoms with van der Waals surface area (Å²) in [5.41, 5.74) is 4.88. The number of amides is 3. The molecule has 1 saturated heterocycles. The summed E-state index contributed by atoms with van der Waals surface area (Å²) in [4.78, 5) is 45.0. The van der Waals surface area contributed by atoms with Crippen LogP contribution in [0, 0.1) is 6.92 Å². The number of aryl methyl sites for hydroxylation is 3. The van der Waals surface area contributed by atoms with Crippen LogP contribution in [0.3, 0.4) is 0 Å². The fraction of sp³-hybridized carbons (Fsp3) is 0.471. The number of ether oxygens (including phenoxy) is 2. The summed E-state index contributed by atoms with van der Waals surface area (Å²) < 4.78 is 15.3. The van der Waals surface area contributed by atoms with E-state index in [1.54, 1.807) is 16.9 Å². The number of hydrogen-bond acceptors (Lipinski definition) is 7. The van der Waals surface area contributed by atoms with Gasteiger partial charge in [-0.1, -0.05) is 0 Å². The Kier molecular flexibility index (Phi) is 11.9. The summed E-state index contributed by atoms with van der Waals surface area (Å²) in [7, 11) is 5.39. The standard InChI is InChI=1S/C34H47N7O5/c1-7-40(8-2)34(44)30-17-25(21-39(30)5)35-20-28-16-26(22-38(28)4)37-33(43)12-10-14-46-32-18-29(24(3)15-31(32)45-6)36-19-27-11-9-13-41(27)23-42/h15-19,21-23,27,35H,7-14,20H2,1-6H3,(H,37,43). The van der Waals surface area contributed by atoms with Crippen LogP contribution in [0.5, 0.6) is 11.5 Å². The van der Waals surface area contributed by atoms with Crippen LogP contribution < -0.4 is 20.1 Å². The van der Waals surface area contributed by atoms with Gasteiger partial charge in [-0.05, 0) is 63.8 Å². The van der Waals surface area contributed by atoms with Gasteiger partial charge in [0.2, 0.25) is 12.3 Å². The lowest BCUT2D eigenvalue weighted by Crippen LogP contribution is -2.31. The van der Waals surface area contributed by atoms with Crippen molar-refractivity contribution in [3.05, 3.63) is 53.6 Å². The van der Waals surface area contributed by atoms with Gasteiger partial charge in [-0.15, -0.1) is 0 Å². The molecule has 1 aromatic carbocycles. The number of nitrogens with zero attached hydrogens (tertiary/aromatic N) is 5. The molecule has 248 valence electrons. The van der Waals surface area contributed by atoms with Gasteiger partial charge in [0.05, 0.1) is 43.4 Å². The highest BCUT2D eigenvalue weighted by molar-refractivity contribution is 5.94. The fourth-order valence-electron chi connectivity index (χ4n) is 5.57. The molecule has 3 heterocycles. The molecule has 12 nitrogen and oxygen atoms in total. The van der Waals surface area contributed by atoms with E-state index in [9.17, 15) is 14.4 Å². The van der Waals surface area contributed by atoms with Crippen LogP contribution in [-0.4, -0.2) is 82.8 Å². The minimum Gasteiger partial charge on any atom is -0.493 e. The molecule has 1 aliphatic heterocycles. The van der Waals surface area contributed by atoms with Crippen LogP contribution in [0.2, 0.25) is 0 Å². The summed E-state index contributed by atoms with van der Waals surface area (Å²) in [5, 5.41) is 6.36. The van der Waals surface area contributed by atoms with Gasteiger partial charge in [0.25, 0.3) is 5.91 Å². The zero-order chi connectivity index (χ0) is 33.2. The largest absolute Gasteiger partial charge is 0.493 e. The van der Waals surface area contributed by atoms with Crippen molar-refractivity contribution in [1.29, 1.82) is 0 Å². The monoisotopic (exact) mass is 633 g/mol. The van der Waals surface area contributed by atoms with Crippen molar-refractivity contribution in [2.24, 2.45) is 19.1 Å². The van der Waals surface area contributed by atoms with Gasteiger partial charge in [0.1, 0.15) is 5.69 Å². The van der Waals surface area contributed by atoms with Crippen molar-refractivity contribution in [2.45, 2.75) is 59.0 Å². The SMILES string of the molecule is CCN(CC)C(=O)c1cc(NCc2cc(NC(=O)CCCOc3cc(N=CC4CCCN4C=O)c(C)cc3OC)cn2C)cn1C. The molecule has 1 aliphatic rings. The van der Waals surface area contributed by atoms with Crippen molar-refractivity contribution in [1.82, 2.24) is 18.9 Å². The predicted octanol–water partition coefficient (Wildman–Crippen LogP) is 4.90. The Hall–Kier alpha value is -4.74. The Morgan fingerprint density at radius 2 is 1.83 bits per heavy atom. The van der Waals surface area contributed by atoms with Gasteiger partial charge >= 0.3 is 0 Å². The zero-order valence-corrected chi connectivity index (χ0v) is 27.8. The number of aromatic nitrogens is 2. The van der Waals surface area contributed by atoms with E-state index >= 15 is 0 Å². The van der Waals surface area contributed by atoms with E-state index in [0.717, 1.165) is 48.4 Å². The quantitative estimate of drug-likeness (QED) is 0.132. The number of benzene rings is 1. The Morgan fingerprint density at radius 3 is 2.54 bits per heavy atom. The number of rotatable bonds is 16. The topological polar surface area (TPSA) is 122 Å². The van der Waals surface area contributed by atoms with Crippen molar-refractivity contribution < 1.29 is 23.9 Å². The van der Waals surface area contributed by atoms with E-state index in [1.165, 1.54) is 0 Å². The molecule has 0 saturated carbocycles. The number of likely N-dealkylation sites (tertiary alicyclic amines) is 1. The van der Waals surface area contributed by atoms with Crippen molar-refractivity contribution >= 4 is 41.5 Å². The van der Waals surface area contributed by atoms with Crippen LogP contribution in [-0.2, 0) is 30.2 Å². The summed E-state index contributed by atoms with van der Waals surface area (Å²) >= 11 is 0. The first-order chi connectivity index (χ1) is 22.2. The summed E-state index contributed by atoms with van der Waals surface area (Å²) in [5.74, 6) is 1.06. The van der Waals surface area contributed by atoms with E-state index in [0.29, 0.717) is 55.5 Å². The molecule has 0 spiro atoms. The van der Waals surface area contributed by atoms with E-state index in [2.05, 4.69) is 15.6 Å². The lowest BCUT2D eigenvalue weighted by atomic mass is 10.1. The lowest BCUT2D eigenvalue weighted by Gasteiger charge is -2.18. The first-order valence-corrected chi connectivity index (χ1v) is 15.9. The smallest absolute Gasteiger partial charge is 0.270 e. The molecular weight excluding hydrogens is 586 g/mol. The van der Waals surface area contributed by atoms with E-state index < -0.39 is 0 Å². The molecule has 0 radical (unpaired) electrons. The van der Waals surface area contributed by atoms with E-state index in [1.807, 2.05) is 86.9 Å². The molecule has 0 bridgehead atoms. The Bertz CT molecular complexity index is 1540. The summed E-state index contributed by atoms with van der Waals surface area (Å²) in [6.45, 7) is 8.84.